The summed E-state index contributed by atoms with van der Waals surface area (Å²) in [5.41, 5.74) is 2.06. The molecule has 10 heteroatoms. The largest absolute Gasteiger partial charge is 0.475 e. The van der Waals surface area contributed by atoms with Gasteiger partial charge < -0.3 is 14.4 Å². The van der Waals surface area contributed by atoms with Crippen LogP contribution in [0, 0.1) is 6.92 Å². The van der Waals surface area contributed by atoms with Gasteiger partial charge in [0.15, 0.2) is 0 Å². The molecule has 0 saturated carbocycles. The molecule has 1 saturated heterocycles. The van der Waals surface area contributed by atoms with E-state index in [9.17, 15) is 4.79 Å². The highest BCUT2D eigenvalue weighted by atomic mass is 32.2. The standard InChI is InChI=1S/C25H27N5O3S2/c1-17-12-23(30-24(26-17)27-25(28-30)34-2)33-14-20-13-29(10-11-32-20)22(31)16-35-15-19-8-5-7-18-6-3-4-9-21(18)19/h3-9,12,20H,10-11,13-16H2,1-2H3. The maximum absolute atomic E-state index is 12.9. The molecule has 2 aromatic carbocycles. The Morgan fingerprint density at radius 2 is 2.06 bits per heavy atom. The summed E-state index contributed by atoms with van der Waals surface area (Å²) in [6, 6.07) is 16.5. The number of carbonyl (C=O) groups is 1. The van der Waals surface area contributed by atoms with Crippen molar-refractivity contribution in [2.45, 2.75) is 23.9 Å². The molecule has 1 amide bonds. The summed E-state index contributed by atoms with van der Waals surface area (Å²) < 4.78 is 13.5. The van der Waals surface area contributed by atoms with E-state index in [4.69, 9.17) is 9.47 Å². The Kier molecular flexibility index (Phi) is 7.40. The SMILES string of the molecule is CSc1nc2nc(C)cc(OCC3CN(C(=O)CSCc4cccc5ccccc45)CCO3)n2n1. The van der Waals surface area contributed by atoms with Crippen LogP contribution >= 0.6 is 23.5 Å². The molecule has 1 fully saturated rings. The highest BCUT2D eigenvalue weighted by molar-refractivity contribution is 7.99. The smallest absolute Gasteiger partial charge is 0.256 e. The number of benzene rings is 2. The monoisotopic (exact) mass is 509 g/mol. The highest BCUT2D eigenvalue weighted by Crippen LogP contribution is 2.23. The van der Waals surface area contributed by atoms with E-state index in [1.54, 1.807) is 16.3 Å². The minimum absolute atomic E-state index is 0.131. The Labute approximate surface area is 212 Å². The summed E-state index contributed by atoms with van der Waals surface area (Å²) in [6.07, 6.45) is 1.71. The van der Waals surface area contributed by atoms with Gasteiger partial charge in [0.1, 0.15) is 12.7 Å². The molecule has 8 nitrogen and oxygen atoms in total. The van der Waals surface area contributed by atoms with E-state index in [-0.39, 0.29) is 12.0 Å². The van der Waals surface area contributed by atoms with E-state index in [2.05, 4.69) is 51.5 Å². The zero-order chi connectivity index (χ0) is 24.2. The lowest BCUT2D eigenvalue weighted by Crippen LogP contribution is -2.48. The lowest BCUT2D eigenvalue weighted by molar-refractivity contribution is -0.137. The minimum atomic E-state index is -0.206. The van der Waals surface area contributed by atoms with Crippen LogP contribution in [0.3, 0.4) is 0 Å². The fourth-order valence-corrected chi connectivity index (χ4v) is 5.37. The molecule has 182 valence electrons. The van der Waals surface area contributed by atoms with Crippen molar-refractivity contribution < 1.29 is 14.3 Å². The third-order valence-electron chi connectivity index (χ3n) is 5.84. The summed E-state index contributed by atoms with van der Waals surface area (Å²) in [4.78, 5) is 23.6. The first-order valence-corrected chi connectivity index (χ1v) is 13.8. The predicted molar refractivity (Wildman–Crippen MR) is 139 cm³/mol. The first-order chi connectivity index (χ1) is 17.1. The van der Waals surface area contributed by atoms with Gasteiger partial charge in [-0.1, -0.05) is 54.2 Å². The zero-order valence-corrected chi connectivity index (χ0v) is 21.3. The van der Waals surface area contributed by atoms with Crippen LogP contribution in [0.15, 0.2) is 53.7 Å². The van der Waals surface area contributed by atoms with Gasteiger partial charge in [0.05, 0.1) is 18.9 Å². The van der Waals surface area contributed by atoms with Gasteiger partial charge in [-0.2, -0.15) is 9.50 Å². The van der Waals surface area contributed by atoms with Crippen LogP contribution in [0.1, 0.15) is 11.3 Å². The minimum Gasteiger partial charge on any atom is -0.475 e. The number of nitrogens with zero attached hydrogens (tertiary/aromatic N) is 5. The molecular formula is C25H27N5O3S2. The van der Waals surface area contributed by atoms with E-state index in [0.717, 1.165) is 11.4 Å². The van der Waals surface area contributed by atoms with Gasteiger partial charge in [0.25, 0.3) is 5.78 Å². The van der Waals surface area contributed by atoms with Crippen molar-refractivity contribution in [3.63, 3.8) is 0 Å². The molecule has 1 atom stereocenters. The molecule has 1 aliphatic rings. The molecule has 1 unspecified atom stereocenters. The van der Waals surface area contributed by atoms with E-state index >= 15 is 0 Å². The maximum atomic E-state index is 12.9. The van der Waals surface area contributed by atoms with Crippen molar-refractivity contribution in [3.8, 4) is 5.88 Å². The average molecular weight is 510 g/mol. The van der Waals surface area contributed by atoms with Crippen LogP contribution in [-0.4, -0.2) is 74.8 Å². The van der Waals surface area contributed by atoms with Crippen molar-refractivity contribution in [3.05, 3.63) is 59.8 Å². The highest BCUT2D eigenvalue weighted by Gasteiger charge is 2.25. The van der Waals surface area contributed by atoms with Crippen LogP contribution in [-0.2, 0) is 15.3 Å². The quantitative estimate of drug-likeness (QED) is 0.331. The maximum Gasteiger partial charge on any atom is 0.256 e. The molecule has 4 aromatic rings. The first kappa shape index (κ1) is 23.9. The van der Waals surface area contributed by atoms with Gasteiger partial charge >= 0.3 is 0 Å². The molecule has 5 rings (SSSR count). The van der Waals surface area contributed by atoms with Crippen molar-refractivity contribution in [1.82, 2.24) is 24.5 Å². The van der Waals surface area contributed by atoms with Gasteiger partial charge in [-0.05, 0) is 29.5 Å². The Morgan fingerprint density at radius 3 is 2.94 bits per heavy atom. The lowest BCUT2D eigenvalue weighted by Gasteiger charge is -2.32. The summed E-state index contributed by atoms with van der Waals surface area (Å²) in [7, 11) is 0. The Hall–Kier alpha value is -2.82. The molecule has 0 spiro atoms. The number of hydrogen-bond donors (Lipinski definition) is 0. The number of hydrogen-bond acceptors (Lipinski definition) is 8. The summed E-state index contributed by atoms with van der Waals surface area (Å²) >= 11 is 3.11. The lowest BCUT2D eigenvalue weighted by atomic mass is 10.1. The molecule has 35 heavy (non-hydrogen) atoms. The third kappa shape index (κ3) is 5.55. The number of aromatic nitrogens is 4. The van der Waals surface area contributed by atoms with Crippen LogP contribution in [0.5, 0.6) is 5.88 Å². The van der Waals surface area contributed by atoms with Crippen LogP contribution in [0.2, 0.25) is 0 Å². The van der Waals surface area contributed by atoms with E-state index in [0.29, 0.717) is 48.9 Å². The number of ether oxygens (including phenoxy) is 2. The van der Waals surface area contributed by atoms with E-state index in [1.165, 1.54) is 28.1 Å². The van der Waals surface area contributed by atoms with Crippen LogP contribution < -0.4 is 4.74 Å². The summed E-state index contributed by atoms with van der Waals surface area (Å²) in [5, 5.41) is 7.54. The van der Waals surface area contributed by atoms with Crippen molar-refractivity contribution in [2.75, 3.05) is 38.3 Å². The first-order valence-electron chi connectivity index (χ1n) is 11.5. The molecular weight excluding hydrogens is 482 g/mol. The molecule has 2 aromatic heterocycles. The molecule has 0 aliphatic carbocycles. The van der Waals surface area contributed by atoms with Crippen LogP contribution in [0.4, 0.5) is 0 Å². The Bertz CT molecular complexity index is 1340. The molecule has 0 bridgehead atoms. The number of aryl methyl sites for hydroxylation is 1. The second kappa shape index (κ2) is 10.8. The van der Waals surface area contributed by atoms with Gasteiger partial charge in [0.2, 0.25) is 16.9 Å². The summed E-state index contributed by atoms with van der Waals surface area (Å²) in [6.45, 7) is 3.82. The fraction of sp³-hybridized carbons (Fsp3) is 0.360. The summed E-state index contributed by atoms with van der Waals surface area (Å²) in [5.74, 6) is 2.45. The second-order valence-electron chi connectivity index (χ2n) is 8.32. The number of rotatable bonds is 8. The van der Waals surface area contributed by atoms with Crippen LogP contribution in [0.25, 0.3) is 16.6 Å². The van der Waals surface area contributed by atoms with Gasteiger partial charge in [-0.3, -0.25) is 4.79 Å². The molecule has 1 aliphatic heterocycles. The molecule has 3 heterocycles. The topological polar surface area (TPSA) is 81.9 Å². The van der Waals surface area contributed by atoms with E-state index in [1.807, 2.05) is 30.2 Å². The van der Waals surface area contributed by atoms with Crippen molar-refractivity contribution in [2.24, 2.45) is 0 Å². The average Bonchev–Trinajstić information content (AvgIpc) is 3.31. The number of thioether (sulfide) groups is 2. The van der Waals surface area contributed by atoms with E-state index < -0.39 is 0 Å². The Morgan fingerprint density at radius 1 is 1.20 bits per heavy atom. The number of fused-ring (bicyclic) bond motifs is 2. The Balaban J connectivity index is 1.15. The normalized spacial score (nSPS) is 16.2. The zero-order valence-electron chi connectivity index (χ0n) is 19.7. The number of morpholine rings is 1. The number of carbonyl (C=O) groups excluding carboxylic acids is 1. The third-order valence-corrected chi connectivity index (χ3v) is 7.35. The predicted octanol–water partition coefficient (Wildman–Crippen LogP) is 3.85. The van der Waals surface area contributed by atoms with Gasteiger partial charge in [0, 0.05) is 24.1 Å². The number of amides is 1. The van der Waals surface area contributed by atoms with Crippen molar-refractivity contribution >= 4 is 46.0 Å². The van der Waals surface area contributed by atoms with Gasteiger partial charge in [-0.15, -0.1) is 16.9 Å². The van der Waals surface area contributed by atoms with Crippen molar-refractivity contribution in [1.29, 1.82) is 0 Å². The molecule has 0 radical (unpaired) electrons. The molecule has 0 N–H and O–H groups in total. The fourth-order valence-electron chi connectivity index (χ4n) is 4.11. The van der Waals surface area contributed by atoms with Gasteiger partial charge in [-0.25, -0.2) is 4.98 Å². The second-order valence-corrected chi connectivity index (χ2v) is 10.1.